The number of nitrogens with one attached hydrogen (secondary N) is 2. The second-order valence-electron chi connectivity index (χ2n) is 12.6. The molecule has 0 aliphatic carbocycles. The number of rotatable bonds is 7. The highest BCUT2D eigenvalue weighted by Crippen LogP contribution is 2.33. The zero-order valence-corrected chi connectivity index (χ0v) is 25.6. The van der Waals surface area contributed by atoms with Gasteiger partial charge in [0.15, 0.2) is 0 Å². The third-order valence-electron chi connectivity index (χ3n) is 8.24. The molecular weight excluding hydrogens is 570 g/mol. The van der Waals surface area contributed by atoms with Crippen LogP contribution in [0.3, 0.4) is 0 Å². The lowest BCUT2D eigenvalue weighted by Gasteiger charge is -2.51. The molecule has 10 heteroatoms. The van der Waals surface area contributed by atoms with Gasteiger partial charge in [-0.3, -0.25) is 9.59 Å². The standard InChI is InChI=1S/C35H37N5O5/c1-35(2,3)45-33(43)37-28(18-24-20-36-27-17-11-10-16-26(24)27)30-22-38(21-23-12-6-4-7-13-23)32(42)29-19-31(41)39(34(44)40(29)30)25-14-8-5-9-15-25/h4-17,20,28-30,36H,18-19,21-22H2,1-3H3,(H,37,43)/t28-,29-,30-/m0/s1. The van der Waals surface area contributed by atoms with Gasteiger partial charge >= 0.3 is 12.1 Å². The largest absolute Gasteiger partial charge is 0.444 e. The van der Waals surface area contributed by atoms with E-state index in [1.54, 1.807) is 49.9 Å². The molecule has 45 heavy (non-hydrogen) atoms. The number of carbonyl (C=O) groups is 4. The van der Waals surface area contributed by atoms with Crippen LogP contribution >= 0.6 is 0 Å². The van der Waals surface area contributed by atoms with E-state index in [9.17, 15) is 19.2 Å². The molecule has 3 heterocycles. The second-order valence-corrected chi connectivity index (χ2v) is 12.6. The molecule has 6 rings (SSSR count). The summed E-state index contributed by atoms with van der Waals surface area (Å²) in [6.45, 7) is 5.81. The minimum absolute atomic E-state index is 0.148. The van der Waals surface area contributed by atoms with Crippen molar-refractivity contribution >= 4 is 40.5 Å². The highest BCUT2D eigenvalue weighted by molar-refractivity contribution is 6.18. The third kappa shape index (κ3) is 6.26. The van der Waals surface area contributed by atoms with Crippen LogP contribution in [0.25, 0.3) is 10.9 Å². The number of imide groups is 1. The Kier molecular flexibility index (Phi) is 8.05. The second kappa shape index (κ2) is 12.1. The number of hydrogen-bond donors (Lipinski definition) is 2. The summed E-state index contributed by atoms with van der Waals surface area (Å²) in [6, 6.07) is 23.2. The maximum absolute atomic E-state index is 14.3. The number of aromatic amines is 1. The molecule has 10 nitrogen and oxygen atoms in total. The van der Waals surface area contributed by atoms with Gasteiger partial charge in [-0.05, 0) is 56.5 Å². The summed E-state index contributed by atoms with van der Waals surface area (Å²) in [7, 11) is 0. The van der Waals surface area contributed by atoms with Crippen molar-refractivity contribution in [3.05, 3.63) is 102 Å². The van der Waals surface area contributed by atoms with Crippen molar-refractivity contribution < 1.29 is 23.9 Å². The molecule has 2 aliphatic rings. The van der Waals surface area contributed by atoms with Gasteiger partial charge in [-0.1, -0.05) is 66.7 Å². The molecule has 0 radical (unpaired) electrons. The highest BCUT2D eigenvalue weighted by atomic mass is 16.6. The average molecular weight is 608 g/mol. The zero-order valence-electron chi connectivity index (χ0n) is 25.6. The number of H-pyrrole nitrogens is 1. The number of aromatic nitrogens is 1. The Morgan fingerprint density at radius 2 is 1.62 bits per heavy atom. The maximum atomic E-state index is 14.3. The number of alkyl carbamates (subject to hydrolysis) is 1. The molecule has 2 aliphatic heterocycles. The number of carbonyl (C=O) groups excluding carboxylic acids is 4. The predicted octanol–water partition coefficient (Wildman–Crippen LogP) is 5.24. The van der Waals surface area contributed by atoms with Crippen molar-refractivity contribution in [2.24, 2.45) is 0 Å². The molecule has 2 saturated heterocycles. The fraction of sp³-hybridized carbons (Fsp3) is 0.314. The summed E-state index contributed by atoms with van der Waals surface area (Å²) in [5.74, 6) is -0.748. The van der Waals surface area contributed by atoms with Crippen LogP contribution in [0, 0.1) is 0 Å². The van der Waals surface area contributed by atoms with Gasteiger partial charge in [0, 0.05) is 30.2 Å². The van der Waals surface area contributed by atoms with Gasteiger partial charge in [-0.15, -0.1) is 0 Å². The van der Waals surface area contributed by atoms with Crippen LogP contribution in [0.5, 0.6) is 0 Å². The summed E-state index contributed by atoms with van der Waals surface area (Å²) in [4.78, 5) is 62.8. The lowest BCUT2D eigenvalue weighted by Crippen LogP contribution is -2.73. The smallest absolute Gasteiger partial charge is 0.407 e. The van der Waals surface area contributed by atoms with Crippen LogP contribution in [0.4, 0.5) is 15.3 Å². The van der Waals surface area contributed by atoms with Crippen molar-refractivity contribution in [2.45, 2.75) is 63.9 Å². The van der Waals surface area contributed by atoms with Crippen LogP contribution in [-0.4, -0.2) is 69.0 Å². The Hall–Kier alpha value is -5.12. The minimum Gasteiger partial charge on any atom is -0.444 e. The van der Waals surface area contributed by atoms with E-state index in [1.807, 2.05) is 66.9 Å². The molecular formula is C35H37N5O5. The quantitative estimate of drug-likeness (QED) is 0.298. The first kappa shape index (κ1) is 29.9. The van der Waals surface area contributed by atoms with E-state index in [0.717, 1.165) is 26.9 Å². The van der Waals surface area contributed by atoms with E-state index in [2.05, 4.69) is 10.3 Å². The molecule has 3 atom stereocenters. The molecule has 2 N–H and O–H groups in total. The van der Waals surface area contributed by atoms with Crippen LogP contribution in [0.2, 0.25) is 0 Å². The molecule has 0 saturated carbocycles. The topological polar surface area (TPSA) is 115 Å². The van der Waals surface area contributed by atoms with E-state index < -0.39 is 41.8 Å². The molecule has 5 amide bonds. The SMILES string of the molecule is CC(C)(C)OC(=O)N[C@@H](Cc1c[nH]c2ccccc12)[C@@H]1CN(Cc2ccccc2)C(=O)[C@@H]2CC(=O)N(c3ccccc3)C(=O)N21. The van der Waals surface area contributed by atoms with Crippen LogP contribution < -0.4 is 10.2 Å². The molecule has 1 aromatic heterocycles. The normalized spacial score (nSPS) is 19.4. The van der Waals surface area contributed by atoms with Gasteiger partial charge in [0.25, 0.3) is 0 Å². The van der Waals surface area contributed by atoms with Gasteiger partial charge < -0.3 is 24.8 Å². The number of benzene rings is 3. The first-order valence-electron chi connectivity index (χ1n) is 15.2. The van der Waals surface area contributed by atoms with E-state index in [1.165, 1.54) is 4.90 Å². The fourth-order valence-corrected chi connectivity index (χ4v) is 6.28. The van der Waals surface area contributed by atoms with Gasteiger partial charge in [0.1, 0.15) is 11.6 Å². The molecule has 0 bridgehead atoms. The lowest BCUT2D eigenvalue weighted by atomic mass is 9.91. The van der Waals surface area contributed by atoms with Crippen molar-refractivity contribution in [2.75, 3.05) is 11.4 Å². The number of fused-ring (bicyclic) bond motifs is 2. The summed E-state index contributed by atoms with van der Waals surface area (Å²) < 4.78 is 5.67. The summed E-state index contributed by atoms with van der Waals surface area (Å²) in [5.41, 5.74) is 2.48. The van der Waals surface area contributed by atoms with E-state index in [-0.39, 0.29) is 18.9 Å². The van der Waals surface area contributed by atoms with E-state index >= 15 is 0 Å². The number of nitrogens with zero attached hydrogens (tertiary/aromatic N) is 3. The van der Waals surface area contributed by atoms with Crippen LogP contribution in [0.1, 0.15) is 38.3 Å². The Bertz CT molecular complexity index is 1710. The number of piperazine rings is 1. The predicted molar refractivity (Wildman–Crippen MR) is 170 cm³/mol. The van der Waals surface area contributed by atoms with Crippen LogP contribution in [-0.2, 0) is 27.3 Å². The number of ether oxygens (including phenoxy) is 1. The Labute approximate surface area is 261 Å². The van der Waals surface area contributed by atoms with Crippen molar-refractivity contribution in [3.63, 3.8) is 0 Å². The van der Waals surface area contributed by atoms with E-state index in [0.29, 0.717) is 18.7 Å². The van der Waals surface area contributed by atoms with Crippen molar-refractivity contribution in [1.82, 2.24) is 20.1 Å². The monoisotopic (exact) mass is 607 g/mol. The molecule has 0 unspecified atom stereocenters. The van der Waals surface area contributed by atoms with Gasteiger partial charge in [-0.2, -0.15) is 0 Å². The lowest BCUT2D eigenvalue weighted by molar-refractivity contribution is -0.147. The Morgan fingerprint density at radius 1 is 0.956 bits per heavy atom. The average Bonchev–Trinajstić information content (AvgIpc) is 3.41. The van der Waals surface area contributed by atoms with Gasteiger partial charge in [-0.25, -0.2) is 14.5 Å². The fourth-order valence-electron chi connectivity index (χ4n) is 6.28. The summed E-state index contributed by atoms with van der Waals surface area (Å²) >= 11 is 0. The molecule has 0 spiro atoms. The number of para-hydroxylation sites is 2. The summed E-state index contributed by atoms with van der Waals surface area (Å²) in [5, 5.41) is 4.04. The van der Waals surface area contributed by atoms with Crippen molar-refractivity contribution in [1.29, 1.82) is 0 Å². The van der Waals surface area contributed by atoms with Crippen LogP contribution in [0.15, 0.2) is 91.1 Å². The Balaban J connectivity index is 1.42. The number of urea groups is 1. The summed E-state index contributed by atoms with van der Waals surface area (Å²) in [6.07, 6.45) is 1.44. The minimum atomic E-state index is -1.02. The molecule has 4 aromatic rings. The number of hydrogen-bond acceptors (Lipinski definition) is 5. The third-order valence-corrected chi connectivity index (χ3v) is 8.24. The zero-order chi connectivity index (χ0) is 31.7. The van der Waals surface area contributed by atoms with Crippen molar-refractivity contribution in [3.8, 4) is 0 Å². The van der Waals surface area contributed by atoms with Gasteiger partial charge in [0.2, 0.25) is 11.8 Å². The number of anilines is 1. The maximum Gasteiger partial charge on any atom is 0.407 e. The van der Waals surface area contributed by atoms with E-state index in [4.69, 9.17) is 4.74 Å². The first-order valence-corrected chi connectivity index (χ1v) is 15.2. The highest BCUT2D eigenvalue weighted by Gasteiger charge is 2.52. The molecule has 2 fully saturated rings. The first-order chi connectivity index (χ1) is 21.6. The molecule has 3 aromatic carbocycles. The van der Waals surface area contributed by atoms with Gasteiger partial charge in [0.05, 0.1) is 24.2 Å². The Morgan fingerprint density at radius 3 is 2.33 bits per heavy atom. The number of amides is 5. The molecule has 232 valence electrons.